The highest BCUT2D eigenvalue weighted by Gasteiger charge is 2.35. The van der Waals surface area contributed by atoms with Crippen LogP contribution in [-0.4, -0.2) is 36.3 Å². The van der Waals surface area contributed by atoms with E-state index in [1.807, 2.05) is 35.2 Å². The molecule has 156 valence electrons. The van der Waals surface area contributed by atoms with Gasteiger partial charge in [-0.3, -0.25) is 15.6 Å². The molecule has 0 bridgehead atoms. The van der Waals surface area contributed by atoms with Crippen LogP contribution in [0.3, 0.4) is 0 Å². The monoisotopic (exact) mass is 407 g/mol. The molecule has 1 aromatic rings. The van der Waals surface area contributed by atoms with Gasteiger partial charge in [-0.1, -0.05) is 30.3 Å². The number of amides is 1. The largest absolute Gasteiger partial charge is 0.432 e. The van der Waals surface area contributed by atoms with Crippen LogP contribution >= 0.6 is 0 Å². The van der Waals surface area contributed by atoms with E-state index in [0.717, 1.165) is 11.6 Å². The highest BCUT2D eigenvalue weighted by Crippen LogP contribution is 2.26. The number of nitrogens with one attached hydrogen (secondary N) is 4. The number of likely N-dealkylation sites (tertiary alicyclic amines) is 1. The number of hydrogen-bond donors (Lipinski definition) is 4. The minimum absolute atomic E-state index is 0.0525. The van der Waals surface area contributed by atoms with Gasteiger partial charge in [0, 0.05) is 25.4 Å². The zero-order chi connectivity index (χ0) is 20.9. The van der Waals surface area contributed by atoms with Gasteiger partial charge in [-0.2, -0.15) is 13.2 Å². The first kappa shape index (κ1) is 20.8. The summed E-state index contributed by atoms with van der Waals surface area (Å²) in [6.45, 7) is 1.13. The first-order chi connectivity index (χ1) is 13.9. The second-order valence-electron chi connectivity index (χ2n) is 7.05. The van der Waals surface area contributed by atoms with Crippen molar-refractivity contribution in [2.24, 2.45) is 5.92 Å². The van der Waals surface area contributed by atoms with Crippen LogP contribution in [-0.2, 0) is 4.79 Å². The van der Waals surface area contributed by atoms with Crippen molar-refractivity contribution in [2.45, 2.75) is 31.5 Å². The number of benzene rings is 1. The van der Waals surface area contributed by atoms with Crippen LogP contribution < -0.4 is 16.2 Å². The van der Waals surface area contributed by atoms with E-state index in [2.05, 4.69) is 16.2 Å². The number of nitrogens with zero attached hydrogens (tertiary/aromatic N) is 1. The Morgan fingerprint density at radius 1 is 1.21 bits per heavy atom. The maximum Gasteiger partial charge on any atom is 0.432 e. The maximum atomic E-state index is 12.7. The summed E-state index contributed by atoms with van der Waals surface area (Å²) in [6.07, 6.45) is 0.898. The third-order valence-electron chi connectivity index (χ3n) is 5.12. The zero-order valence-corrected chi connectivity index (χ0v) is 15.8. The number of alkyl halides is 3. The molecule has 0 aromatic heterocycles. The van der Waals surface area contributed by atoms with Gasteiger partial charge in [0.05, 0.1) is 6.04 Å². The minimum Gasteiger partial charge on any atom is -0.357 e. The Morgan fingerprint density at radius 2 is 1.90 bits per heavy atom. The van der Waals surface area contributed by atoms with E-state index in [9.17, 15) is 18.0 Å². The maximum absolute atomic E-state index is 12.7. The molecule has 1 amide bonds. The summed E-state index contributed by atoms with van der Waals surface area (Å²) >= 11 is 0. The molecule has 0 unspecified atom stereocenters. The number of halogens is 3. The Balaban J connectivity index is 1.55. The van der Waals surface area contributed by atoms with E-state index < -0.39 is 11.9 Å². The molecule has 0 saturated carbocycles. The third kappa shape index (κ3) is 5.30. The fraction of sp³-hybridized carbons (Fsp3) is 0.400. The number of rotatable bonds is 6. The van der Waals surface area contributed by atoms with Crippen LogP contribution in [0, 0.1) is 11.3 Å². The quantitative estimate of drug-likeness (QED) is 0.547. The molecule has 1 saturated heterocycles. The van der Waals surface area contributed by atoms with Gasteiger partial charge in [-0.05, 0) is 36.8 Å². The van der Waals surface area contributed by atoms with E-state index in [1.54, 1.807) is 0 Å². The molecule has 0 spiro atoms. The van der Waals surface area contributed by atoms with Crippen molar-refractivity contribution in [3.05, 3.63) is 59.6 Å². The molecular weight excluding hydrogens is 383 g/mol. The lowest BCUT2D eigenvalue weighted by Gasteiger charge is -2.36. The standard InChI is InChI=1S/C20H24F3N5O/c21-20(22,23)17-6-7-18(27-26-17)28-12-9-15(10-13-28)19(29)25-16(8-11-24)14-4-2-1-3-5-14/h1-7,11,15-16,24,26-27H,8-10,12-13H2,(H,25,29)/t16-/m0/s1. The molecule has 2 aliphatic rings. The SMILES string of the molecule is N=CC[C@H](NC(=O)C1CCN(C2=CC=C(C(F)(F)F)NN2)CC1)c1ccccc1. The second-order valence-corrected chi connectivity index (χ2v) is 7.05. The van der Waals surface area contributed by atoms with Gasteiger partial charge in [-0.15, -0.1) is 0 Å². The molecule has 29 heavy (non-hydrogen) atoms. The Hall–Kier alpha value is -2.97. The molecule has 9 heteroatoms. The Kier molecular flexibility index (Phi) is 6.46. The average molecular weight is 407 g/mol. The predicted octanol–water partition coefficient (Wildman–Crippen LogP) is 2.99. The number of carbonyl (C=O) groups is 1. The van der Waals surface area contributed by atoms with Gasteiger partial charge < -0.3 is 15.6 Å². The van der Waals surface area contributed by atoms with Crippen molar-refractivity contribution >= 4 is 12.1 Å². The highest BCUT2D eigenvalue weighted by atomic mass is 19.4. The summed E-state index contributed by atoms with van der Waals surface area (Å²) in [5, 5.41) is 10.4. The van der Waals surface area contributed by atoms with E-state index in [-0.39, 0.29) is 17.9 Å². The van der Waals surface area contributed by atoms with Crippen LogP contribution in [0.2, 0.25) is 0 Å². The van der Waals surface area contributed by atoms with Gasteiger partial charge in [0.25, 0.3) is 0 Å². The zero-order valence-electron chi connectivity index (χ0n) is 15.8. The van der Waals surface area contributed by atoms with Crippen molar-refractivity contribution in [1.29, 1.82) is 5.41 Å². The fourth-order valence-corrected chi connectivity index (χ4v) is 3.48. The van der Waals surface area contributed by atoms with E-state index in [1.165, 1.54) is 12.3 Å². The van der Waals surface area contributed by atoms with E-state index in [0.29, 0.717) is 38.2 Å². The number of allylic oxidation sites excluding steroid dienone is 3. The smallest absolute Gasteiger partial charge is 0.357 e. The molecule has 2 aliphatic heterocycles. The summed E-state index contributed by atoms with van der Waals surface area (Å²) in [5.41, 5.74) is 4.87. The Morgan fingerprint density at radius 3 is 2.45 bits per heavy atom. The Bertz CT molecular complexity index is 783. The van der Waals surface area contributed by atoms with Gasteiger partial charge in [0.2, 0.25) is 5.91 Å². The number of piperidine rings is 1. The van der Waals surface area contributed by atoms with Crippen LogP contribution in [0.1, 0.15) is 30.9 Å². The summed E-state index contributed by atoms with van der Waals surface area (Å²) in [4.78, 5) is 14.6. The van der Waals surface area contributed by atoms with Crippen LogP contribution in [0.25, 0.3) is 0 Å². The molecule has 1 fully saturated rings. The molecular formula is C20H24F3N5O. The molecule has 1 atom stereocenters. The lowest BCUT2D eigenvalue weighted by Crippen LogP contribution is -2.47. The number of hydrazine groups is 1. The van der Waals surface area contributed by atoms with Crippen molar-refractivity contribution in [1.82, 2.24) is 21.1 Å². The average Bonchev–Trinajstić information content (AvgIpc) is 2.73. The third-order valence-corrected chi connectivity index (χ3v) is 5.12. The Labute approximate surface area is 167 Å². The second kappa shape index (κ2) is 9.02. The molecule has 0 aliphatic carbocycles. The van der Waals surface area contributed by atoms with Crippen molar-refractivity contribution in [2.75, 3.05) is 13.1 Å². The first-order valence-corrected chi connectivity index (χ1v) is 9.49. The highest BCUT2D eigenvalue weighted by molar-refractivity contribution is 5.79. The predicted molar refractivity (Wildman–Crippen MR) is 104 cm³/mol. The van der Waals surface area contributed by atoms with Gasteiger partial charge in [0.15, 0.2) is 0 Å². The lowest BCUT2D eigenvalue weighted by atomic mass is 9.94. The first-order valence-electron chi connectivity index (χ1n) is 9.49. The molecule has 2 heterocycles. The normalized spacial score (nSPS) is 18.7. The summed E-state index contributed by atoms with van der Waals surface area (Å²) < 4.78 is 38.0. The molecule has 4 N–H and O–H groups in total. The molecule has 3 rings (SSSR count). The fourth-order valence-electron chi connectivity index (χ4n) is 3.48. The van der Waals surface area contributed by atoms with Crippen molar-refractivity contribution in [3.63, 3.8) is 0 Å². The molecule has 1 aromatic carbocycles. The van der Waals surface area contributed by atoms with E-state index >= 15 is 0 Å². The van der Waals surface area contributed by atoms with Crippen molar-refractivity contribution in [3.8, 4) is 0 Å². The topological polar surface area (TPSA) is 80.2 Å². The van der Waals surface area contributed by atoms with Gasteiger partial charge in [0.1, 0.15) is 11.5 Å². The number of hydrogen-bond acceptors (Lipinski definition) is 5. The van der Waals surface area contributed by atoms with Gasteiger partial charge in [-0.25, -0.2) is 0 Å². The summed E-state index contributed by atoms with van der Waals surface area (Å²) in [6, 6.07) is 9.31. The lowest BCUT2D eigenvalue weighted by molar-refractivity contribution is -0.127. The summed E-state index contributed by atoms with van der Waals surface area (Å²) in [7, 11) is 0. The molecule has 6 nitrogen and oxygen atoms in total. The van der Waals surface area contributed by atoms with E-state index in [4.69, 9.17) is 5.41 Å². The van der Waals surface area contributed by atoms with Crippen LogP contribution in [0.4, 0.5) is 13.2 Å². The van der Waals surface area contributed by atoms with Crippen LogP contribution in [0.5, 0.6) is 0 Å². The van der Waals surface area contributed by atoms with Crippen LogP contribution in [0.15, 0.2) is 54.0 Å². The van der Waals surface area contributed by atoms with Crippen molar-refractivity contribution < 1.29 is 18.0 Å². The molecule has 0 radical (unpaired) electrons. The number of carbonyl (C=O) groups excluding carboxylic acids is 1. The minimum atomic E-state index is -4.42. The summed E-state index contributed by atoms with van der Waals surface area (Å²) in [5.74, 6) is 0.341. The van der Waals surface area contributed by atoms with Gasteiger partial charge >= 0.3 is 6.18 Å².